The Kier molecular flexibility index (Phi) is 3.78. The topological polar surface area (TPSA) is 20.2 Å². The molecule has 5 heteroatoms. The maximum absolute atomic E-state index is 12.4. The summed E-state index contributed by atoms with van der Waals surface area (Å²) in [6, 6.07) is 2.74. The average molecular weight is 250 g/mol. The monoisotopic (exact) mass is 250 g/mol. The van der Waals surface area contributed by atoms with E-state index in [1.54, 1.807) is 20.8 Å². The Bertz CT molecular complexity index is 386. The molecule has 0 heterocycles. The molecule has 0 aliphatic rings. The van der Waals surface area contributed by atoms with E-state index in [9.17, 15) is 18.3 Å². The predicted molar refractivity (Wildman–Crippen MR) is 58.8 cm³/mol. The summed E-state index contributed by atoms with van der Waals surface area (Å²) in [6.45, 7) is 5.17. The number of rotatable bonds is 2. The summed E-state index contributed by atoms with van der Waals surface area (Å²) in [4.78, 5) is 0.195. The number of phenolic OH excluding ortho intramolecular Hbond substituents is 1. The molecule has 0 aromatic heterocycles. The number of aryl methyl sites for hydroxylation is 1. The minimum Gasteiger partial charge on any atom is -0.508 e. The number of benzene rings is 1. The van der Waals surface area contributed by atoms with E-state index in [-0.39, 0.29) is 28.3 Å². The number of hydrogen-bond donors (Lipinski definition) is 1. The highest BCUT2D eigenvalue weighted by molar-refractivity contribution is 8.00. The van der Waals surface area contributed by atoms with Gasteiger partial charge in [0, 0.05) is 4.90 Å². The lowest BCUT2D eigenvalue weighted by Gasteiger charge is -2.16. The minimum atomic E-state index is -4.30. The highest BCUT2D eigenvalue weighted by Gasteiger charge is 2.31. The first-order valence-electron chi connectivity index (χ1n) is 4.80. The van der Waals surface area contributed by atoms with Crippen LogP contribution in [0.25, 0.3) is 0 Å². The van der Waals surface area contributed by atoms with Gasteiger partial charge in [-0.3, -0.25) is 0 Å². The number of halogens is 3. The Morgan fingerprint density at radius 2 is 1.81 bits per heavy atom. The molecular weight excluding hydrogens is 237 g/mol. The Morgan fingerprint density at radius 1 is 1.25 bits per heavy atom. The molecule has 0 amide bonds. The van der Waals surface area contributed by atoms with E-state index in [1.165, 1.54) is 12.1 Å². The zero-order valence-electron chi connectivity index (χ0n) is 9.22. The van der Waals surface area contributed by atoms with Gasteiger partial charge in [-0.25, -0.2) is 0 Å². The van der Waals surface area contributed by atoms with Gasteiger partial charge in [-0.1, -0.05) is 13.8 Å². The van der Waals surface area contributed by atoms with Crippen molar-refractivity contribution >= 4 is 11.8 Å². The molecule has 1 aromatic rings. The van der Waals surface area contributed by atoms with E-state index in [0.717, 1.165) is 0 Å². The van der Waals surface area contributed by atoms with Crippen LogP contribution in [0, 0.1) is 6.92 Å². The number of aromatic hydroxyl groups is 1. The largest absolute Gasteiger partial charge is 0.508 e. The van der Waals surface area contributed by atoms with E-state index in [0.29, 0.717) is 11.1 Å². The molecule has 0 atom stereocenters. The Labute approximate surface area is 96.7 Å². The van der Waals surface area contributed by atoms with Crippen LogP contribution < -0.4 is 0 Å². The summed E-state index contributed by atoms with van der Waals surface area (Å²) >= 11 is -0.120. The van der Waals surface area contributed by atoms with Crippen molar-refractivity contribution in [3.63, 3.8) is 0 Å². The summed E-state index contributed by atoms with van der Waals surface area (Å²) in [6.07, 6.45) is 0. The van der Waals surface area contributed by atoms with Crippen molar-refractivity contribution < 1.29 is 18.3 Å². The van der Waals surface area contributed by atoms with E-state index in [4.69, 9.17) is 0 Å². The predicted octanol–water partition coefficient (Wildman–Crippen LogP) is 4.44. The Balaban J connectivity index is 3.25. The van der Waals surface area contributed by atoms with Gasteiger partial charge in [0.1, 0.15) is 5.75 Å². The molecule has 0 aliphatic carbocycles. The van der Waals surface area contributed by atoms with E-state index in [2.05, 4.69) is 0 Å². The fourth-order valence-corrected chi connectivity index (χ4v) is 2.33. The third-order valence-corrected chi connectivity index (χ3v) is 3.12. The average Bonchev–Trinajstić information content (AvgIpc) is 2.07. The summed E-state index contributed by atoms with van der Waals surface area (Å²) in [5.41, 5.74) is -3.32. The van der Waals surface area contributed by atoms with Crippen molar-refractivity contribution in [1.29, 1.82) is 0 Å². The number of hydrogen-bond acceptors (Lipinski definition) is 2. The normalized spacial score (nSPS) is 12.2. The molecule has 0 fully saturated rings. The highest BCUT2D eigenvalue weighted by Crippen LogP contribution is 2.43. The highest BCUT2D eigenvalue weighted by atomic mass is 32.2. The molecule has 0 aliphatic heterocycles. The van der Waals surface area contributed by atoms with Gasteiger partial charge in [0.15, 0.2) is 0 Å². The lowest BCUT2D eigenvalue weighted by Crippen LogP contribution is -2.03. The number of phenols is 1. The van der Waals surface area contributed by atoms with E-state index < -0.39 is 5.51 Å². The van der Waals surface area contributed by atoms with Gasteiger partial charge in [0.2, 0.25) is 0 Å². The second-order valence-electron chi connectivity index (χ2n) is 3.88. The van der Waals surface area contributed by atoms with Gasteiger partial charge in [0.25, 0.3) is 0 Å². The van der Waals surface area contributed by atoms with Crippen LogP contribution in [0.2, 0.25) is 0 Å². The van der Waals surface area contributed by atoms with E-state index >= 15 is 0 Å². The Hall–Kier alpha value is -0.840. The van der Waals surface area contributed by atoms with Crippen LogP contribution in [0.5, 0.6) is 5.75 Å². The molecule has 0 saturated carbocycles. The van der Waals surface area contributed by atoms with Gasteiger partial charge in [-0.05, 0) is 47.9 Å². The molecule has 1 N–H and O–H groups in total. The van der Waals surface area contributed by atoms with Crippen molar-refractivity contribution in [2.24, 2.45) is 0 Å². The Morgan fingerprint density at radius 3 is 2.25 bits per heavy atom. The summed E-state index contributed by atoms with van der Waals surface area (Å²) in [5.74, 6) is -0.0524. The van der Waals surface area contributed by atoms with Crippen molar-refractivity contribution in [2.75, 3.05) is 0 Å². The molecule has 16 heavy (non-hydrogen) atoms. The van der Waals surface area contributed by atoms with Gasteiger partial charge < -0.3 is 5.11 Å². The zero-order valence-corrected chi connectivity index (χ0v) is 10.0. The van der Waals surface area contributed by atoms with Crippen LogP contribution in [0.3, 0.4) is 0 Å². The third kappa shape index (κ3) is 3.33. The van der Waals surface area contributed by atoms with Gasteiger partial charge >= 0.3 is 5.51 Å². The summed E-state index contributed by atoms with van der Waals surface area (Å²) in [5, 5.41) is 9.38. The third-order valence-electron chi connectivity index (χ3n) is 2.13. The second kappa shape index (κ2) is 4.57. The lowest BCUT2D eigenvalue weighted by atomic mass is 10.0. The first-order valence-corrected chi connectivity index (χ1v) is 5.61. The first kappa shape index (κ1) is 13.2. The van der Waals surface area contributed by atoms with Gasteiger partial charge in [-0.2, -0.15) is 13.2 Å². The van der Waals surface area contributed by atoms with Crippen LogP contribution in [0.15, 0.2) is 17.0 Å². The first-order chi connectivity index (χ1) is 7.20. The zero-order chi connectivity index (χ0) is 12.5. The molecular formula is C11H13F3OS. The van der Waals surface area contributed by atoms with Crippen molar-refractivity contribution in [3.8, 4) is 5.75 Å². The fraction of sp³-hybridized carbons (Fsp3) is 0.455. The molecule has 1 rings (SSSR count). The number of alkyl halides is 3. The van der Waals surface area contributed by atoms with Crippen LogP contribution in [0.4, 0.5) is 13.2 Å². The summed E-state index contributed by atoms with van der Waals surface area (Å²) in [7, 11) is 0. The molecule has 0 saturated heterocycles. The minimum absolute atomic E-state index is 0.00715. The molecule has 1 aromatic carbocycles. The van der Waals surface area contributed by atoms with E-state index in [1.807, 2.05) is 0 Å². The van der Waals surface area contributed by atoms with Crippen molar-refractivity contribution in [2.45, 2.75) is 37.1 Å². The van der Waals surface area contributed by atoms with Gasteiger partial charge in [0.05, 0.1) is 0 Å². The second-order valence-corrected chi connectivity index (χ2v) is 4.96. The molecule has 0 spiro atoms. The maximum Gasteiger partial charge on any atom is 0.446 e. The standard InChI is InChI=1S/C11H13F3OS/c1-6(2)9-5-8(15)4-7(3)10(9)16-11(12,13)14/h4-6,15H,1-3H3. The van der Waals surface area contributed by atoms with Crippen LogP contribution in [0.1, 0.15) is 30.9 Å². The van der Waals surface area contributed by atoms with Crippen LogP contribution in [-0.2, 0) is 0 Å². The fourth-order valence-electron chi connectivity index (χ4n) is 1.47. The maximum atomic E-state index is 12.4. The summed E-state index contributed by atoms with van der Waals surface area (Å²) < 4.78 is 37.1. The lowest BCUT2D eigenvalue weighted by molar-refractivity contribution is -0.0328. The molecule has 0 bridgehead atoms. The molecule has 90 valence electrons. The van der Waals surface area contributed by atoms with Crippen LogP contribution >= 0.6 is 11.8 Å². The SMILES string of the molecule is Cc1cc(O)cc(C(C)C)c1SC(F)(F)F. The van der Waals surface area contributed by atoms with Crippen molar-refractivity contribution in [1.82, 2.24) is 0 Å². The van der Waals surface area contributed by atoms with Crippen molar-refractivity contribution in [3.05, 3.63) is 23.3 Å². The molecule has 1 nitrogen and oxygen atoms in total. The van der Waals surface area contributed by atoms with Gasteiger partial charge in [-0.15, -0.1) is 0 Å². The quantitative estimate of drug-likeness (QED) is 0.783. The van der Waals surface area contributed by atoms with Crippen LogP contribution in [-0.4, -0.2) is 10.6 Å². The molecule has 0 radical (unpaired) electrons. The smallest absolute Gasteiger partial charge is 0.446 e. The number of thioether (sulfide) groups is 1. The molecule has 0 unspecified atom stereocenters.